The van der Waals surface area contributed by atoms with Crippen LogP contribution >= 0.6 is 0 Å². The highest BCUT2D eigenvalue weighted by atomic mass is 16.5. The lowest BCUT2D eigenvalue weighted by molar-refractivity contribution is 0.122. The van der Waals surface area contributed by atoms with E-state index >= 15 is 0 Å². The van der Waals surface area contributed by atoms with Crippen LogP contribution in [0.5, 0.6) is 0 Å². The van der Waals surface area contributed by atoms with Crippen LogP contribution in [0.1, 0.15) is 5.56 Å². The molecule has 1 aliphatic rings. The van der Waals surface area contributed by atoms with Crippen molar-refractivity contribution >= 4 is 28.4 Å². The summed E-state index contributed by atoms with van der Waals surface area (Å²) in [6, 6.07) is 12.4. The van der Waals surface area contributed by atoms with Crippen LogP contribution in [-0.4, -0.2) is 48.3 Å². The van der Waals surface area contributed by atoms with Crippen LogP contribution < -0.4 is 15.5 Å². The Kier molecular flexibility index (Phi) is 4.53. The molecule has 1 fully saturated rings. The van der Waals surface area contributed by atoms with E-state index in [0.717, 1.165) is 44.1 Å². The molecule has 0 amide bonds. The number of nitrogens with two attached hydrogens (primary N) is 1. The van der Waals surface area contributed by atoms with Crippen LogP contribution in [0.15, 0.2) is 42.7 Å². The van der Waals surface area contributed by atoms with Gasteiger partial charge in [-0.05, 0) is 29.8 Å². The van der Waals surface area contributed by atoms with Crippen molar-refractivity contribution in [3.8, 4) is 0 Å². The number of hydrogen-bond donors (Lipinski definition) is 1. The summed E-state index contributed by atoms with van der Waals surface area (Å²) in [5, 5.41) is 0.897. The van der Waals surface area contributed by atoms with Crippen LogP contribution in [0.3, 0.4) is 0 Å². The molecule has 1 aromatic carbocycles. The molecule has 2 N–H and O–H groups in total. The average molecular weight is 350 g/mol. The summed E-state index contributed by atoms with van der Waals surface area (Å²) >= 11 is 0. The molecule has 0 aliphatic carbocycles. The van der Waals surface area contributed by atoms with Crippen molar-refractivity contribution in [1.29, 1.82) is 0 Å². The highest BCUT2D eigenvalue weighted by molar-refractivity contribution is 5.87. The Balaban J connectivity index is 1.52. The van der Waals surface area contributed by atoms with Crippen LogP contribution in [0, 0.1) is 0 Å². The zero-order chi connectivity index (χ0) is 17.9. The number of hydrogen-bond acceptors (Lipinski definition) is 7. The van der Waals surface area contributed by atoms with E-state index in [0.29, 0.717) is 11.5 Å². The molecule has 3 heterocycles. The topological polar surface area (TPSA) is 80.4 Å². The smallest absolute Gasteiger partial charge is 0.166 e. The third-order valence-electron chi connectivity index (χ3n) is 4.59. The molecule has 4 rings (SSSR count). The van der Waals surface area contributed by atoms with Crippen LogP contribution in [0.25, 0.3) is 11.0 Å². The number of nitrogens with zero attached hydrogens (tertiary/aromatic N) is 5. The minimum Gasteiger partial charge on any atom is -0.384 e. The minimum absolute atomic E-state index is 0.462. The van der Waals surface area contributed by atoms with Gasteiger partial charge >= 0.3 is 0 Å². The maximum atomic E-state index is 5.75. The van der Waals surface area contributed by atoms with E-state index in [4.69, 9.17) is 10.5 Å². The number of morpholine rings is 1. The van der Waals surface area contributed by atoms with Crippen LogP contribution in [-0.2, 0) is 11.3 Å². The molecule has 1 aliphatic heterocycles. The van der Waals surface area contributed by atoms with E-state index < -0.39 is 0 Å². The molecule has 26 heavy (non-hydrogen) atoms. The fourth-order valence-electron chi connectivity index (χ4n) is 3.23. The van der Waals surface area contributed by atoms with Gasteiger partial charge in [-0.3, -0.25) is 0 Å². The van der Waals surface area contributed by atoms with Gasteiger partial charge in [-0.25, -0.2) is 15.0 Å². The molecule has 7 heteroatoms. The van der Waals surface area contributed by atoms with Gasteiger partial charge in [0.15, 0.2) is 5.65 Å². The van der Waals surface area contributed by atoms with Gasteiger partial charge in [-0.2, -0.15) is 0 Å². The summed E-state index contributed by atoms with van der Waals surface area (Å²) in [6.45, 7) is 4.23. The first-order valence-electron chi connectivity index (χ1n) is 8.71. The Bertz CT molecular complexity index is 892. The van der Waals surface area contributed by atoms with Crippen LogP contribution in [0.4, 0.5) is 17.3 Å². The van der Waals surface area contributed by atoms with Crippen molar-refractivity contribution < 1.29 is 4.74 Å². The number of aromatic nitrogens is 3. The number of ether oxygens (including phenoxy) is 1. The first-order chi connectivity index (χ1) is 12.7. The minimum atomic E-state index is 0.462. The summed E-state index contributed by atoms with van der Waals surface area (Å²) in [7, 11) is 2.02. The van der Waals surface area contributed by atoms with E-state index in [1.807, 2.05) is 13.1 Å². The second kappa shape index (κ2) is 7.13. The zero-order valence-corrected chi connectivity index (χ0v) is 14.8. The fourth-order valence-corrected chi connectivity index (χ4v) is 3.23. The van der Waals surface area contributed by atoms with Crippen molar-refractivity contribution in [1.82, 2.24) is 15.0 Å². The van der Waals surface area contributed by atoms with E-state index in [9.17, 15) is 0 Å². The van der Waals surface area contributed by atoms with Gasteiger partial charge in [0.1, 0.15) is 18.0 Å². The molecule has 0 radical (unpaired) electrons. The Morgan fingerprint density at radius 1 is 1.08 bits per heavy atom. The summed E-state index contributed by atoms with van der Waals surface area (Å²) < 4.78 is 5.42. The molecule has 0 bridgehead atoms. The molecule has 0 spiro atoms. The van der Waals surface area contributed by atoms with E-state index in [1.54, 1.807) is 6.07 Å². The fraction of sp³-hybridized carbons (Fsp3) is 0.316. The Morgan fingerprint density at radius 3 is 2.62 bits per heavy atom. The van der Waals surface area contributed by atoms with Crippen molar-refractivity contribution in [3.05, 3.63) is 48.3 Å². The standard InChI is InChI=1S/C19H22N6O/c1-24(19-16-6-7-17(20)23-18(16)21-13-22-19)12-14-2-4-15(5-3-14)25-8-10-26-11-9-25/h2-7,13H,8-12H2,1H3,(H2,20,21,22,23). The number of pyridine rings is 1. The summed E-state index contributed by atoms with van der Waals surface area (Å²) in [5.41, 5.74) is 8.83. The molecule has 0 unspecified atom stereocenters. The Morgan fingerprint density at radius 2 is 1.85 bits per heavy atom. The van der Waals surface area contributed by atoms with E-state index in [2.05, 4.69) is 49.0 Å². The summed E-state index contributed by atoms with van der Waals surface area (Å²) in [5.74, 6) is 1.31. The highest BCUT2D eigenvalue weighted by Gasteiger charge is 2.13. The lowest BCUT2D eigenvalue weighted by atomic mass is 10.1. The summed E-state index contributed by atoms with van der Waals surface area (Å²) in [4.78, 5) is 17.4. The molecule has 2 aromatic heterocycles. The summed E-state index contributed by atoms with van der Waals surface area (Å²) in [6.07, 6.45) is 1.53. The highest BCUT2D eigenvalue weighted by Crippen LogP contribution is 2.24. The molecule has 134 valence electrons. The van der Waals surface area contributed by atoms with E-state index in [-0.39, 0.29) is 0 Å². The molecular formula is C19H22N6O. The third-order valence-corrected chi connectivity index (χ3v) is 4.59. The van der Waals surface area contributed by atoms with Gasteiger partial charge in [0.25, 0.3) is 0 Å². The van der Waals surface area contributed by atoms with Gasteiger partial charge in [-0.15, -0.1) is 0 Å². The predicted molar refractivity (Wildman–Crippen MR) is 103 cm³/mol. The number of nitrogen functional groups attached to an aromatic ring is 1. The molecule has 0 atom stereocenters. The second-order valence-corrected chi connectivity index (χ2v) is 6.43. The van der Waals surface area contributed by atoms with Crippen molar-refractivity contribution in [2.45, 2.75) is 6.54 Å². The van der Waals surface area contributed by atoms with E-state index in [1.165, 1.54) is 17.6 Å². The van der Waals surface area contributed by atoms with Gasteiger partial charge in [0.2, 0.25) is 0 Å². The number of fused-ring (bicyclic) bond motifs is 1. The maximum absolute atomic E-state index is 5.75. The SMILES string of the molecule is CN(Cc1ccc(N2CCOCC2)cc1)c1ncnc2nc(N)ccc12. The van der Waals surface area contributed by atoms with Gasteiger partial charge in [0, 0.05) is 32.4 Å². The Labute approximate surface area is 152 Å². The molecule has 7 nitrogen and oxygen atoms in total. The van der Waals surface area contributed by atoms with Gasteiger partial charge in [-0.1, -0.05) is 12.1 Å². The average Bonchev–Trinajstić information content (AvgIpc) is 2.68. The molecule has 3 aromatic rings. The van der Waals surface area contributed by atoms with Crippen LogP contribution in [0.2, 0.25) is 0 Å². The normalized spacial score (nSPS) is 14.6. The number of anilines is 3. The third kappa shape index (κ3) is 3.39. The quantitative estimate of drug-likeness (QED) is 0.771. The molecular weight excluding hydrogens is 328 g/mol. The lowest BCUT2D eigenvalue weighted by Gasteiger charge is -2.29. The zero-order valence-electron chi connectivity index (χ0n) is 14.8. The maximum Gasteiger partial charge on any atom is 0.166 e. The number of benzene rings is 1. The first kappa shape index (κ1) is 16.5. The van der Waals surface area contributed by atoms with Gasteiger partial charge < -0.3 is 20.3 Å². The molecule has 0 saturated carbocycles. The lowest BCUT2D eigenvalue weighted by Crippen LogP contribution is -2.36. The Hall–Kier alpha value is -2.93. The predicted octanol–water partition coefficient (Wildman–Crippen LogP) is 2.08. The van der Waals surface area contributed by atoms with Crippen molar-refractivity contribution in [3.63, 3.8) is 0 Å². The van der Waals surface area contributed by atoms with Gasteiger partial charge in [0.05, 0.1) is 18.6 Å². The second-order valence-electron chi connectivity index (χ2n) is 6.43. The number of rotatable bonds is 4. The molecule has 1 saturated heterocycles. The monoisotopic (exact) mass is 350 g/mol. The van der Waals surface area contributed by atoms with Crippen molar-refractivity contribution in [2.75, 3.05) is 48.9 Å². The van der Waals surface area contributed by atoms with Crippen molar-refractivity contribution in [2.24, 2.45) is 0 Å². The largest absolute Gasteiger partial charge is 0.384 e. The first-order valence-corrected chi connectivity index (χ1v) is 8.71.